The summed E-state index contributed by atoms with van der Waals surface area (Å²) in [6.45, 7) is 2.88. The van der Waals surface area contributed by atoms with Gasteiger partial charge in [-0.2, -0.15) is 13.2 Å². The zero-order chi connectivity index (χ0) is 13.4. The van der Waals surface area contributed by atoms with E-state index in [4.69, 9.17) is 5.73 Å². The van der Waals surface area contributed by atoms with Gasteiger partial charge < -0.3 is 10.8 Å². The van der Waals surface area contributed by atoms with Gasteiger partial charge in [-0.3, -0.25) is 0 Å². The van der Waals surface area contributed by atoms with Crippen molar-refractivity contribution in [2.45, 2.75) is 31.7 Å². The van der Waals surface area contributed by atoms with Gasteiger partial charge in [0.1, 0.15) is 5.82 Å². The van der Waals surface area contributed by atoms with Crippen molar-refractivity contribution in [1.29, 1.82) is 0 Å². The van der Waals surface area contributed by atoms with E-state index in [0.717, 1.165) is 6.07 Å². The van der Waals surface area contributed by atoms with Gasteiger partial charge in [0.2, 0.25) is 0 Å². The van der Waals surface area contributed by atoms with E-state index < -0.39 is 29.2 Å². The lowest BCUT2D eigenvalue weighted by molar-refractivity contribution is -0.137. The lowest BCUT2D eigenvalue weighted by Crippen LogP contribution is -2.39. The number of nitrogens with two attached hydrogens (primary N) is 1. The average Bonchev–Trinajstić information content (AvgIpc) is 2.12. The molecule has 2 nitrogen and oxygen atoms in total. The number of alkyl halides is 3. The van der Waals surface area contributed by atoms with Crippen molar-refractivity contribution in [1.82, 2.24) is 0 Å². The Hall–Kier alpha value is -1.14. The Morgan fingerprint density at radius 3 is 2.12 bits per heavy atom. The summed E-state index contributed by atoms with van der Waals surface area (Å²) in [4.78, 5) is 0. The molecule has 1 aromatic carbocycles. The van der Waals surface area contributed by atoms with Crippen molar-refractivity contribution >= 4 is 0 Å². The van der Waals surface area contributed by atoms with Gasteiger partial charge in [0, 0.05) is 5.54 Å². The zero-order valence-corrected chi connectivity index (χ0v) is 9.35. The first-order valence-corrected chi connectivity index (χ1v) is 4.86. The quantitative estimate of drug-likeness (QED) is 0.794. The maximum atomic E-state index is 13.1. The molecular weight excluding hydrogens is 238 g/mol. The van der Waals surface area contributed by atoms with Crippen molar-refractivity contribution < 1.29 is 22.7 Å². The minimum Gasteiger partial charge on any atom is -0.387 e. The highest BCUT2D eigenvalue weighted by Gasteiger charge is 2.33. The molecule has 0 saturated heterocycles. The van der Waals surface area contributed by atoms with Crippen LogP contribution in [0.15, 0.2) is 18.2 Å². The Bertz CT molecular complexity index is 409. The van der Waals surface area contributed by atoms with Crippen LogP contribution in [0.2, 0.25) is 0 Å². The molecule has 1 atom stereocenters. The second-order valence-corrected chi connectivity index (χ2v) is 4.49. The molecule has 0 fully saturated rings. The Kier molecular flexibility index (Phi) is 3.50. The fraction of sp³-hybridized carbons (Fsp3) is 0.455. The van der Waals surface area contributed by atoms with Crippen LogP contribution in [0.5, 0.6) is 0 Å². The van der Waals surface area contributed by atoms with E-state index in [1.165, 1.54) is 13.8 Å². The number of hydrogen-bond donors (Lipinski definition) is 2. The molecule has 0 bridgehead atoms. The van der Waals surface area contributed by atoms with Gasteiger partial charge in [-0.25, -0.2) is 4.39 Å². The molecule has 0 radical (unpaired) electrons. The average molecular weight is 251 g/mol. The molecule has 1 unspecified atom stereocenters. The minimum atomic E-state index is -4.66. The van der Waals surface area contributed by atoms with Crippen molar-refractivity contribution in [3.63, 3.8) is 0 Å². The molecule has 0 aromatic heterocycles. The predicted molar refractivity (Wildman–Crippen MR) is 54.6 cm³/mol. The number of aliphatic hydroxyl groups is 1. The number of aliphatic hydroxyl groups excluding tert-OH is 1. The molecule has 6 heteroatoms. The molecule has 0 amide bonds. The highest BCUT2D eigenvalue weighted by molar-refractivity contribution is 5.29. The van der Waals surface area contributed by atoms with Gasteiger partial charge >= 0.3 is 6.18 Å². The summed E-state index contributed by atoms with van der Waals surface area (Å²) in [6.07, 6.45) is -6.03. The van der Waals surface area contributed by atoms with Crippen LogP contribution in [0.3, 0.4) is 0 Å². The SMILES string of the molecule is CC(C)(N)C(O)c1cc(F)cc(C(F)(F)F)c1. The van der Waals surface area contributed by atoms with Crippen LogP contribution in [0.1, 0.15) is 31.1 Å². The maximum Gasteiger partial charge on any atom is 0.416 e. The van der Waals surface area contributed by atoms with Crippen molar-refractivity contribution in [3.8, 4) is 0 Å². The third-order valence-corrected chi connectivity index (χ3v) is 2.27. The molecule has 0 aliphatic carbocycles. The lowest BCUT2D eigenvalue weighted by Gasteiger charge is -2.26. The summed E-state index contributed by atoms with van der Waals surface area (Å²) >= 11 is 0. The van der Waals surface area contributed by atoms with E-state index in [2.05, 4.69) is 0 Å². The zero-order valence-electron chi connectivity index (χ0n) is 9.35. The van der Waals surface area contributed by atoms with Crippen LogP contribution in [-0.4, -0.2) is 10.6 Å². The maximum absolute atomic E-state index is 13.1. The van der Waals surface area contributed by atoms with E-state index in [0.29, 0.717) is 12.1 Å². The number of hydrogen-bond acceptors (Lipinski definition) is 2. The fourth-order valence-corrected chi connectivity index (χ4v) is 1.36. The summed E-state index contributed by atoms with van der Waals surface area (Å²) in [6, 6.07) is 1.91. The molecule has 0 aliphatic rings. The first-order chi connectivity index (χ1) is 7.51. The Labute approximate surface area is 96.1 Å². The van der Waals surface area contributed by atoms with Crippen LogP contribution >= 0.6 is 0 Å². The summed E-state index contributed by atoms with van der Waals surface area (Å²) in [7, 11) is 0. The lowest BCUT2D eigenvalue weighted by atomic mass is 9.91. The van der Waals surface area contributed by atoms with Gasteiger partial charge in [0.25, 0.3) is 0 Å². The van der Waals surface area contributed by atoms with Gasteiger partial charge in [-0.05, 0) is 37.6 Å². The number of rotatable bonds is 2. The van der Waals surface area contributed by atoms with E-state index in [1.54, 1.807) is 0 Å². The number of benzene rings is 1. The molecule has 1 rings (SSSR count). The van der Waals surface area contributed by atoms with Crippen molar-refractivity contribution in [3.05, 3.63) is 35.1 Å². The van der Waals surface area contributed by atoms with E-state index in [1.807, 2.05) is 0 Å². The largest absolute Gasteiger partial charge is 0.416 e. The fourth-order valence-electron chi connectivity index (χ4n) is 1.36. The molecular formula is C11H13F4NO. The molecule has 1 aromatic rings. The van der Waals surface area contributed by atoms with Gasteiger partial charge in [-0.15, -0.1) is 0 Å². The third-order valence-electron chi connectivity index (χ3n) is 2.27. The molecule has 96 valence electrons. The summed E-state index contributed by atoms with van der Waals surface area (Å²) < 4.78 is 50.3. The minimum absolute atomic E-state index is 0.190. The topological polar surface area (TPSA) is 46.2 Å². The molecule has 0 aliphatic heterocycles. The molecule has 17 heavy (non-hydrogen) atoms. The Morgan fingerprint density at radius 2 is 1.71 bits per heavy atom. The highest BCUT2D eigenvalue weighted by Crippen LogP contribution is 2.33. The van der Waals surface area contributed by atoms with Gasteiger partial charge in [-0.1, -0.05) is 0 Å². The molecule has 0 heterocycles. The van der Waals surface area contributed by atoms with Gasteiger partial charge in [0.15, 0.2) is 0 Å². The second-order valence-electron chi connectivity index (χ2n) is 4.49. The number of halogens is 4. The first-order valence-electron chi connectivity index (χ1n) is 4.86. The second kappa shape index (κ2) is 4.27. The molecule has 0 spiro atoms. The van der Waals surface area contributed by atoms with Crippen LogP contribution < -0.4 is 5.73 Å². The third kappa shape index (κ3) is 3.41. The predicted octanol–water partition coefficient (Wildman–Crippen LogP) is 2.62. The van der Waals surface area contributed by atoms with E-state index >= 15 is 0 Å². The van der Waals surface area contributed by atoms with Crippen LogP contribution in [0, 0.1) is 5.82 Å². The van der Waals surface area contributed by atoms with Crippen LogP contribution in [0.4, 0.5) is 17.6 Å². The molecule has 3 N–H and O–H groups in total. The van der Waals surface area contributed by atoms with Crippen molar-refractivity contribution in [2.24, 2.45) is 5.73 Å². The summed E-state index contributed by atoms with van der Waals surface area (Å²) in [5.74, 6) is -1.06. The smallest absolute Gasteiger partial charge is 0.387 e. The first kappa shape index (κ1) is 13.9. The van der Waals surface area contributed by atoms with Crippen LogP contribution in [0.25, 0.3) is 0 Å². The standard InChI is InChI=1S/C11H13F4NO/c1-10(2,16)9(17)6-3-7(11(13,14)15)5-8(12)4-6/h3-5,9,17H,16H2,1-2H3. The Morgan fingerprint density at radius 1 is 1.18 bits per heavy atom. The monoisotopic (exact) mass is 251 g/mol. The summed E-state index contributed by atoms with van der Waals surface area (Å²) in [5, 5.41) is 9.71. The van der Waals surface area contributed by atoms with E-state index in [9.17, 15) is 22.7 Å². The summed E-state index contributed by atoms with van der Waals surface area (Å²) in [5.41, 5.74) is 3.08. The van der Waals surface area contributed by atoms with Crippen molar-refractivity contribution in [2.75, 3.05) is 0 Å². The van der Waals surface area contributed by atoms with Gasteiger partial charge in [0.05, 0.1) is 11.7 Å². The van der Waals surface area contributed by atoms with E-state index in [-0.39, 0.29) is 5.56 Å². The molecule has 0 saturated carbocycles. The van der Waals surface area contributed by atoms with Crippen LogP contribution in [-0.2, 0) is 6.18 Å². The Balaban J connectivity index is 3.24. The normalized spacial score (nSPS) is 14.8. The highest BCUT2D eigenvalue weighted by atomic mass is 19.4.